The Bertz CT molecular complexity index is 767. The van der Waals surface area contributed by atoms with Crippen molar-refractivity contribution in [3.8, 4) is 0 Å². The van der Waals surface area contributed by atoms with E-state index < -0.39 is 0 Å². The molecule has 1 aromatic rings. The van der Waals surface area contributed by atoms with E-state index in [2.05, 4.69) is 82.7 Å². The molecule has 1 aliphatic carbocycles. The number of likely N-dealkylation sites (tertiary alicyclic amines) is 1. The Morgan fingerprint density at radius 2 is 1.55 bits per heavy atom. The first-order valence-corrected chi connectivity index (χ1v) is 12.8. The summed E-state index contributed by atoms with van der Waals surface area (Å²) in [6.07, 6.45) is 8.81. The van der Waals surface area contributed by atoms with Gasteiger partial charge in [-0.1, -0.05) is 65.3 Å². The van der Waals surface area contributed by atoms with Crippen LogP contribution in [-0.4, -0.2) is 31.1 Å². The molecule has 0 radical (unpaired) electrons. The van der Waals surface area contributed by atoms with Gasteiger partial charge in [-0.25, -0.2) is 0 Å². The van der Waals surface area contributed by atoms with Crippen molar-refractivity contribution in [2.24, 2.45) is 5.92 Å². The average Bonchev–Trinajstić information content (AvgIpc) is 3.20. The molecule has 0 saturated carbocycles. The molecule has 0 amide bonds. The SMILES string of the molecule is CC.CC(C)C1=C2CCN(C(C)C)C2=CCC1.CC(C)c1ccc2c(c1)N(C)CCC2. The summed E-state index contributed by atoms with van der Waals surface area (Å²) >= 11 is 0. The lowest BCUT2D eigenvalue weighted by Crippen LogP contribution is -2.26. The van der Waals surface area contributed by atoms with Gasteiger partial charge in [-0.05, 0) is 80.6 Å². The molecule has 0 N–H and O–H groups in total. The molecule has 2 nitrogen and oxygen atoms in total. The normalized spacial score (nSPS) is 17.7. The molecule has 31 heavy (non-hydrogen) atoms. The standard InChI is InChI=1S/C14H23N.C13H19N.C2H6/c1-10(2)12-6-5-7-14-13(12)8-9-15(14)11(3)4;1-10(2)12-7-6-11-5-4-8-14(3)13(11)9-12;1-2/h7,10-11H,5-6,8-9H2,1-4H3;6-7,9-10H,4-5,8H2,1-3H3;1-2H3. The molecule has 0 bridgehead atoms. The minimum Gasteiger partial charge on any atom is -0.374 e. The van der Waals surface area contributed by atoms with E-state index in [1.54, 1.807) is 16.8 Å². The van der Waals surface area contributed by atoms with Crippen LogP contribution >= 0.6 is 0 Å². The monoisotopic (exact) mass is 424 g/mol. The number of benzene rings is 1. The number of hydrogen-bond acceptors (Lipinski definition) is 2. The van der Waals surface area contributed by atoms with Crippen LogP contribution in [0.15, 0.2) is 41.1 Å². The highest BCUT2D eigenvalue weighted by Crippen LogP contribution is 2.39. The van der Waals surface area contributed by atoms with E-state index in [0.29, 0.717) is 12.0 Å². The largest absolute Gasteiger partial charge is 0.374 e. The molecule has 4 rings (SSSR count). The van der Waals surface area contributed by atoms with E-state index in [0.717, 1.165) is 5.92 Å². The highest BCUT2D eigenvalue weighted by Gasteiger charge is 2.28. The van der Waals surface area contributed by atoms with Crippen LogP contribution in [0.2, 0.25) is 0 Å². The summed E-state index contributed by atoms with van der Waals surface area (Å²) in [5.74, 6) is 1.37. The summed E-state index contributed by atoms with van der Waals surface area (Å²) in [5, 5.41) is 0. The van der Waals surface area contributed by atoms with E-state index in [1.165, 1.54) is 62.0 Å². The Morgan fingerprint density at radius 3 is 2.16 bits per heavy atom. The van der Waals surface area contributed by atoms with Crippen molar-refractivity contribution in [3.63, 3.8) is 0 Å². The second-order valence-electron chi connectivity index (χ2n) is 9.89. The minimum atomic E-state index is 0.635. The Kier molecular flexibility index (Phi) is 9.72. The second kappa shape index (κ2) is 11.8. The van der Waals surface area contributed by atoms with Gasteiger partial charge in [-0.15, -0.1) is 0 Å². The summed E-state index contributed by atoms with van der Waals surface area (Å²) in [6, 6.07) is 7.60. The van der Waals surface area contributed by atoms with Gasteiger partial charge in [0.05, 0.1) is 0 Å². The Morgan fingerprint density at radius 1 is 0.839 bits per heavy atom. The summed E-state index contributed by atoms with van der Waals surface area (Å²) in [6.45, 7) is 20.2. The molecular weight excluding hydrogens is 376 g/mol. The topological polar surface area (TPSA) is 6.48 Å². The molecular formula is C29H48N2. The summed E-state index contributed by atoms with van der Waals surface area (Å²) in [4.78, 5) is 4.95. The van der Waals surface area contributed by atoms with E-state index in [4.69, 9.17) is 0 Å². The van der Waals surface area contributed by atoms with Crippen LogP contribution in [0.5, 0.6) is 0 Å². The lowest BCUT2D eigenvalue weighted by Gasteiger charge is -2.28. The van der Waals surface area contributed by atoms with Crippen LogP contribution in [0.1, 0.15) is 98.1 Å². The smallest absolute Gasteiger partial charge is 0.0399 e. The van der Waals surface area contributed by atoms with Gasteiger partial charge in [0.15, 0.2) is 0 Å². The fraction of sp³-hybridized carbons (Fsp3) is 0.655. The third kappa shape index (κ3) is 6.18. The van der Waals surface area contributed by atoms with Crippen molar-refractivity contribution in [2.45, 2.75) is 99.5 Å². The van der Waals surface area contributed by atoms with Gasteiger partial charge >= 0.3 is 0 Å². The van der Waals surface area contributed by atoms with E-state index >= 15 is 0 Å². The number of aryl methyl sites for hydroxylation is 1. The first kappa shape index (κ1) is 25.6. The molecule has 0 unspecified atom stereocenters. The zero-order valence-electron chi connectivity index (χ0n) is 21.9. The summed E-state index contributed by atoms with van der Waals surface area (Å²) < 4.78 is 0. The molecule has 2 heterocycles. The Labute approximate surface area is 193 Å². The predicted octanol–water partition coefficient (Wildman–Crippen LogP) is 7.95. The molecule has 0 atom stereocenters. The summed E-state index contributed by atoms with van der Waals surface area (Å²) in [5.41, 5.74) is 9.36. The van der Waals surface area contributed by atoms with Gasteiger partial charge in [0.2, 0.25) is 0 Å². The van der Waals surface area contributed by atoms with Crippen LogP contribution in [0.25, 0.3) is 0 Å². The first-order chi connectivity index (χ1) is 14.8. The predicted molar refractivity (Wildman–Crippen MR) is 139 cm³/mol. The van der Waals surface area contributed by atoms with Gasteiger partial charge in [0.25, 0.3) is 0 Å². The molecule has 1 fully saturated rings. The fourth-order valence-corrected chi connectivity index (χ4v) is 5.04. The third-order valence-electron chi connectivity index (χ3n) is 6.81. The first-order valence-electron chi connectivity index (χ1n) is 12.8. The quantitative estimate of drug-likeness (QED) is 0.485. The van der Waals surface area contributed by atoms with Crippen molar-refractivity contribution < 1.29 is 0 Å². The lowest BCUT2D eigenvalue weighted by molar-refractivity contribution is 0.323. The zero-order chi connectivity index (χ0) is 23.1. The van der Waals surface area contributed by atoms with Gasteiger partial charge in [0, 0.05) is 37.6 Å². The molecule has 0 aromatic heterocycles. The van der Waals surface area contributed by atoms with Gasteiger partial charge in [-0.2, -0.15) is 0 Å². The fourth-order valence-electron chi connectivity index (χ4n) is 5.04. The van der Waals surface area contributed by atoms with Crippen LogP contribution < -0.4 is 4.90 Å². The van der Waals surface area contributed by atoms with E-state index in [-0.39, 0.29) is 0 Å². The van der Waals surface area contributed by atoms with E-state index in [9.17, 15) is 0 Å². The zero-order valence-corrected chi connectivity index (χ0v) is 21.9. The molecule has 2 aliphatic heterocycles. The Balaban J connectivity index is 0.000000204. The summed E-state index contributed by atoms with van der Waals surface area (Å²) in [7, 11) is 2.20. The number of hydrogen-bond donors (Lipinski definition) is 0. The van der Waals surface area contributed by atoms with Crippen molar-refractivity contribution in [2.75, 3.05) is 25.0 Å². The molecule has 3 aliphatic rings. The van der Waals surface area contributed by atoms with Crippen LogP contribution in [0, 0.1) is 5.92 Å². The van der Waals surface area contributed by atoms with E-state index in [1.807, 2.05) is 13.8 Å². The van der Waals surface area contributed by atoms with Crippen LogP contribution in [-0.2, 0) is 6.42 Å². The number of allylic oxidation sites excluding steroid dienone is 3. The lowest BCUT2D eigenvalue weighted by atomic mass is 9.87. The third-order valence-corrected chi connectivity index (χ3v) is 6.81. The van der Waals surface area contributed by atoms with Crippen molar-refractivity contribution in [1.29, 1.82) is 0 Å². The number of fused-ring (bicyclic) bond motifs is 2. The van der Waals surface area contributed by atoms with Crippen molar-refractivity contribution in [3.05, 3.63) is 52.2 Å². The van der Waals surface area contributed by atoms with Crippen LogP contribution in [0.3, 0.4) is 0 Å². The van der Waals surface area contributed by atoms with Crippen LogP contribution in [0.4, 0.5) is 5.69 Å². The molecule has 0 spiro atoms. The molecule has 2 heteroatoms. The highest BCUT2D eigenvalue weighted by atomic mass is 15.2. The molecule has 174 valence electrons. The maximum atomic E-state index is 2.57. The van der Waals surface area contributed by atoms with Gasteiger partial charge < -0.3 is 9.80 Å². The molecule has 1 aromatic carbocycles. The average molecular weight is 425 g/mol. The molecule has 1 saturated heterocycles. The number of rotatable bonds is 3. The van der Waals surface area contributed by atoms with Gasteiger partial charge in [0.1, 0.15) is 0 Å². The van der Waals surface area contributed by atoms with Crippen molar-refractivity contribution in [1.82, 2.24) is 4.90 Å². The number of anilines is 1. The Hall–Kier alpha value is -1.70. The van der Waals surface area contributed by atoms with Crippen molar-refractivity contribution >= 4 is 5.69 Å². The number of nitrogens with zero attached hydrogens (tertiary/aromatic N) is 2. The highest BCUT2D eigenvalue weighted by molar-refractivity contribution is 5.57. The van der Waals surface area contributed by atoms with Gasteiger partial charge in [-0.3, -0.25) is 0 Å². The maximum Gasteiger partial charge on any atom is 0.0399 e. The second-order valence-corrected chi connectivity index (χ2v) is 9.89. The minimum absolute atomic E-state index is 0.635. The maximum absolute atomic E-state index is 2.57.